The van der Waals surface area contributed by atoms with E-state index in [1.807, 2.05) is 11.8 Å². The van der Waals surface area contributed by atoms with Crippen molar-refractivity contribution in [2.45, 2.75) is 29.4 Å². The van der Waals surface area contributed by atoms with Gasteiger partial charge in [0, 0.05) is 28.7 Å². The zero-order chi connectivity index (χ0) is 21.2. The third-order valence-electron chi connectivity index (χ3n) is 4.57. The Kier molecular flexibility index (Phi) is 8.96. The van der Waals surface area contributed by atoms with Crippen LogP contribution in [0.15, 0.2) is 65.6 Å². The second-order valence-corrected chi connectivity index (χ2v) is 8.05. The number of thioether (sulfide) groups is 1. The van der Waals surface area contributed by atoms with Gasteiger partial charge in [-0.25, -0.2) is 9.59 Å². The molecule has 1 atom stereocenters. The normalized spacial score (nSPS) is 15.1. The summed E-state index contributed by atoms with van der Waals surface area (Å²) in [6.07, 6.45) is 3.59. The van der Waals surface area contributed by atoms with Crippen molar-refractivity contribution in [2.75, 3.05) is 20.6 Å². The number of benzene rings is 2. The topological polar surface area (TPSA) is 77.8 Å². The maximum absolute atomic E-state index is 9.55. The molecule has 0 saturated carbocycles. The SMILES string of the molecule is CN(C)CCCC1c2ccccc2CSc2ccccc21.O=C(O)/C=C\C(=O)O. The standard InChI is InChI=1S/C19H23NS.C4H4O4/c1-20(2)13-7-11-17-16-9-4-3-8-15(16)14-21-19-12-6-5-10-18(17)19;5-3(6)1-2-4(7)8/h3-6,8-10,12,17H,7,11,13-14H2,1-2H3;1-2H,(H,5,6)(H,7,8)/b;2-1-. The average molecular weight is 414 g/mol. The lowest BCUT2D eigenvalue weighted by atomic mass is 9.85. The minimum absolute atomic E-state index is 0.548. The predicted octanol–water partition coefficient (Wildman–Crippen LogP) is 4.48. The molecule has 0 radical (unpaired) electrons. The van der Waals surface area contributed by atoms with Crippen molar-refractivity contribution in [1.82, 2.24) is 4.90 Å². The predicted molar refractivity (Wildman–Crippen MR) is 116 cm³/mol. The Morgan fingerprint density at radius 2 is 1.59 bits per heavy atom. The van der Waals surface area contributed by atoms with Gasteiger partial charge in [0.05, 0.1) is 0 Å². The van der Waals surface area contributed by atoms with Gasteiger partial charge in [-0.05, 0) is 56.2 Å². The van der Waals surface area contributed by atoms with Crippen LogP contribution in [0.4, 0.5) is 0 Å². The Hall–Kier alpha value is -2.57. The molecule has 0 amide bonds. The second kappa shape index (κ2) is 11.4. The van der Waals surface area contributed by atoms with Gasteiger partial charge in [-0.1, -0.05) is 42.5 Å². The molecule has 0 spiro atoms. The van der Waals surface area contributed by atoms with Gasteiger partial charge in [-0.2, -0.15) is 0 Å². The zero-order valence-corrected chi connectivity index (χ0v) is 17.6. The third-order valence-corrected chi connectivity index (χ3v) is 5.71. The van der Waals surface area contributed by atoms with E-state index in [0.717, 1.165) is 12.3 Å². The molecular weight excluding hydrogens is 386 g/mol. The summed E-state index contributed by atoms with van der Waals surface area (Å²) in [5.41, 5.74) is 4.56. The number of hydrogen-bond donors (Lipinski definition) is 2. The van der Waals surface area contributed by atoms with E-state index in [-0.39, 0.29) is 0 Å². The van der Waals surface area contributed by atoms with Crippen molar-refractivity contribution in [3.05, 3.63) is 77.4 Å². The maximum Gasteiger partial charge on any atom is 0.328 e. The first-order valence-electron chi connectivity index (χ1n) is 9.46. The van der Waals surface area contributed by atoms with Crippen LogP contribution in [0.3, 0.4) is 0 Å². The molecule has 5 nitrogen and oxygen atoms in total. The minimum atomic E-state index is -1.26. The van der Waals surface area contributed by atoms with Crippen LogP contribution in [0.25, 0.3) is 0 Å². The number of rotatable bonds is 6. The largest absolute Gasteiger partial charge is 0.478 e. The molecule has 0 aliphatic carbocycles. The summed E-state index contributed by atoms with van der Waals surface area (Å²) in [6, 6.07) is 18.0. The lowest BCUT2D eigenvalue weighted by Crippen LogP contribution is -2.14. The van der Waals surface area contributed by atoms with E-state index in [2.05, 4.69) is 67.5 Å². The van der Waals surface area contributed by atoms with E-state index in [1.54, 1.807) is 0 Å². The van der Waals surface area contributed by atoms with E-state index in [0.29, 0.717) is 18.1 Å². The maximum atomic E-state index is 9.55. The van der Waals surface area contributed by atoms with Crippen molar-refractivity contribution in [3.63, 3.8) is 0 Å². The number of carbonyl (C=O) groups is 2. The first-order chi connectivity index (χ1) is 13.9. The number of aliphatic carboxylic acids is 2. The highest BCUT2D eigenvalue weighted by Gasteiger charge is 2.23. The number of carboxylic acid groups (broad SMARTS) is 2. The molecule has 1 heterocycles. The molecule has 0 fully saturated rings. The lowest BCUT2D eigenvalue weighted by molar-refractivity contribution is -0.134. The van der Waals surface area contributed by atoms with Crippen molar-refractivity contribution < 1.29 is 19.8 Å². The summed E-state index contributed by atoms with van der Waals surface area (Å²) >= 11 is 1.99. The van der Waals surface area contributed by atoms with Crippen LogP contribution in [0, 0.1) is 0 Å². The molecular formula is C23H27NO4S. The lowest BCUT2D eigenvalue weighted by Gasteiger charge is -2.21. The van der Waals surface area contributed by atoms with Crippen LogP contribution in [0.5, 0.6) is 0 Å². The van der Waals surface area contributed by atoms with Gasteiger partial charge in [-0.3, -0.25) is 0 Å². The van der Waals surface area contributed by atoms with E-state index in [1.165, 1.54) is 34.4 Å². The van der Waals surface area contributed by atoms with E-state index < -0.39 is 11.9 Å². The first-order valence-corrected chi connectivity index (χ1v) is 10.4. The quantitative estimate of drug-likeness (QED) is 0.680. The van der Waals surface area contributed by atoms with E-state index >= 15 is 0 Å². The van der Waals surface area contributed by atoms with Gasteiger partial charge >= 0.3 is 11.9 Å². The Labute approximate surface area is 176 Å². The summed E-state index contributed by atoms with van der Waals surface area (Å²) in [7, 11) is 4.32. The van der Waals surface area contributed by atoms with Crippen LogP contribution in [-0.2, 0) is 15.3 Å². The Balaban J connectivity index is 0.000000321. The molecule has 2 aromatic rings. The fourth-order valence-electron chi connectivity index (χ4n) is 3.29. The Morgan fingerprint density at radius 1 is 1.00 bits per heavy atom. The van der Waals surface area contributed by atoms with Crippen molar-refractivity contribution in [2.24, 2.45) is 0 Å². The fraction of sp³-hybridized carbons (Fsp3) is 0.304. The van der Waals surface area contributed by atoms with Gasteiger partial charge < -0.3 is 15.1 Å². The molecule has 2 N–H and O–H groups in total. The van der Waals surface area contributed by atoms with Crippen molar-refractivity contribution in [3.8, 4) is 0 Å². The Bertz CT molecular complexity index is 800. The van der Waals surface area contributed by atoms with E-state index in [9.17, 15) is 9.59 Å². The van der Waals surface area contributed by atoms with Gasteiger partial charge in [0.1, 0.15) is 0 Å². The minimum Gasteiger partial charge on any atom is -0.478 e. The summed E-state index contributed by atoms with van der Waals surface area (Å²) in [5, 5.41) is 15.6. The summed E-state index contributed by atoms with van der Waals surface area (Å²) in [6.45, 7) is 1.16. The molecule has 6 heteroatoms. The van der Waals surface area contributed by atoms with Crippen molar-refractivity contribution >= 4 is 23.7 Å². The van der Waals surface area contributed by atoms with Crippen molar-refractivity contribution in [1.29, 1.82) is 0 Å². The molecule has 0 aromatic heterocycles. The number of hydrogen-bond acceptors (Lipinski definition) is 4. The zero-order valence-electron chi connectivity index (χ0n) is 16.7. The van der Waals surface area contributed by atoms with Crippen LogP contribution in [-0.4, -0.2) is 47.7 Å². The number of nitrogens with zero attached hydrogens (tertiary/aromatic N) is 1. The highest BCUT2D eigenvalue weighted by atomic mass is 32.2. The first kappa shape index (κ1) is 22.7. The van der Waals surface area contributed by atoms with Crippen LogP contribution < -0.4 is 0 Å². The van der Waals surface area contributed by atoms with E-state index in [4.69, 9.17) is 10.2 Å². The monoisotopic (exact) mass is 413 g/mol. The molecule has 154 valence electrons. The van der Waals surface area contributed by atoms with Crippen LogP contribution in [0.2, 0.25) is 0 Å². The highest BCUT2D eigenvalue weighted by molar-refractivity contribution is 7.98. The summed E-state index contributed by atoms with van der Waals surface area (Å²) in [5.74, 6) is -0.871. The molecule has 3 rings (SSSR count). The van der Waals surface area contributed by atoms with Gasteiger partial charge in [0.15, 0.2) is 0 Å². The molecule has 1 aliphatic heterocycles. The fourth-order valence-corrected chi connectivity index (χ4v) is 4.42. The van der Waals surface area contributed by atoms with Crippen LogP contribution in [0.1, 0.15) is 35.4 Å². The highest BCUT2D eigenvalue weighted by Crippen LogP contribution is 2.42. The summed E-state index contributed by atoms with van der Waals surface area (Å²) < 4.78 is 0. The third kappa shape index (κ3) is 7.40. The van der Waals surface area contributed by atoms with Gasteiger partial charge in [0.25, 0.3) is 0 Å². The number of fused-ring (bicyclic) bond motifs is 2. The molecule has 1 aliphatic rings. The molecule has 1 unspecified atom stereocenters. The molecule has 2 aromatic carbocycles. The molecule has 0 saturated heterocycles. The summed E-state index contributed by atoms with van der Waals surface area (Å²) in [4.78, 5) is 22.8. The van der Waals surface area contributed by atoms with Gasteiger partial charge in [-0.15, -0.1) is 11.8 Å². The smallest absolute Gasteiger partial charge is 0.328 e. The second-order valence-electron chi connectivity index (χ2n) is 7.03. The molecule has 29 heavy (non-hydrogen) atoms. The number of carboxylic acids is 2. The van der Waals surface area contributed by atoms with Gasteiger partial charge in [0.2, 0.25) is 0 Å². The molecule has 0 bridgehead atoms. The Morgan fingerprint density at radius 3 is 2.21 bits per heavy atom. The van der Waals surface area contributed by atoms with Crippen LogP contribution >= 0.6 is 11.8 Å². The average Bonchev–Trinajstić information content (AvgIpc) is 2.84.